The maximum Gasteiger partial charge on any atom is 0.333 e. The van der Waals surface area contributed by atoms with Gasteiger partial charge in [-0.05, 0) is 20.3 Å². The van der Waals surface area contributed by atoms with Gasteiger partial charge in [-0.3, -0.25) is 0 Å². The molecule has 1 unspecified atom stereocenters. The third-order valence-electron chi connectivity index (χ3n) is 1.53. The van der Waals surface area contributed by atoms with Crippen LogP contribution < -0.4 is 5.73 Å². The minimum atomic E-state index is -0.276. The first-order valence-corrected chi connectivity index (χ1v) is 4.22. The van der Waals surface area contributed by atoms with Gasteiger partial charge in [0.2, 0.25) is 0 Å². The molecule has 3 heteroatoms. The van der Waals surface area contributed by atoms with Crippen LogP contribution in [0.5, 0.6) is 0 Å². The van der Waals surface area contributed by atoms with Crippen LogP contribution in [0.4, 0.5) is 0 Å². The maximum atomic E-state index is 11.0. The summed E-state index contributed by atoms with van der Waals surface area (Å²) in [5, 5.41) is 0. The van der Waals surface area contributed by atoms with E-state index in [0.29, 0.717) is 12.2 Å². The van der Waals surface area contributed by atoms with Crippen molar-refractivity contribution in [2.24, 2.45) is 5.73 Å². The number of esters is 1. The predicted octanol–water partition coefficient (Wildman–Crippen LogP) is 1.23. The third kappa shape index (κ3) is 4.13. The lowest BCUT2D eigenvalue weighted by atomic mass is 10.1. The second-order valence-electron chi connectivity index (χ2n) is 2.64. The lowest BCUT2D eigenvalue weighted by Gasteiger charge is -2.04. The summed E-state index contributed by atoms with van der Waals surface area (Å²) in [6.45, 7) is 5.88. The van der Waals surface area contributed by atoms with Crippen LogP contribution in [0.2, 0.25) is 0 Å². The van der Waals surface area contributed by atoms with Crippen LogP contribution in [-0.2, 0) is 9.53 Å². The Labute approximate surface area is 73.6 Å². The van der Waals surface area contributed by atoms with Crippen molar-refractivity contribution in [2.45, 2.75) is 33.2 Å². The van der Waals surface area contributed by atoms with E-state index in [1.165, 1.54) is 0 Å². The van der Waals surface area contributed by atoms with Crippen LogP contribution in [-0.4, -0.2) is 18.6 Å². The zero-order valence-electron chi connectivity index (χ0n) is 7.96. The molecule has 0 aromatic heterocycles. The van der Waals surface area contributed by atoms with Crippen molar-refractivity contribution in [3.63, 3.8) is 0 Å². The number of rotatable bonds is 4. The Bertz CT molecular complexity index is 175. The fraction of sp³-hybridized carbons (Fsp3) is 0.667. The molecule has 0 radical (unpaired) electrons. The molecule has 0 aromatic rings. The highest BCUT2D eigenvalue weighted by Crippen LogP contribution is 1.99. The standard InChI is InChI=1S/C9H17NO2/c1-4-8(10)6-7(3)9(11)12-5-2/h6,8H,4-5,10H2,1-3H3. The van der Waals surface area contributed by atoms with Crippen molar-refractivity contribution in [3.05, 3.63) is 11.6 Å². The summed E-state index contributed by atoms with van der Waals surface area (Å²) in [6, 6.07) is -0.0468. The van der Waals surface area contributed by atoms with Gasteiger partial charge in [-0.1, -0.05) is 13.0 Å². The molecule has 0 aliphatic heterocycles. The average molecular weight is 171 g/mol. The number of hydrogen-bond donors (Lipinski definition) is 1. The van der Waals surface area contributed by atoms with Gasteiger partial charge in [0.05, 0.1) is 6.61 Å². The lowest BCUT2D eigenvalue weighted by molar-refractivity contribution is -0.138. The van der Waals surface area contributed by atoms with Crippen molar-refractivity contribution >= 4 is 5.97 Å². The van der Waals surface area contributed by atoms with E-state index in [9.17, 15) is 4.79 Å². The monoisotopic (exact) mass is 171 g/mol. The molecule has 0 fully saturated rings. The Balaban J connectivity index is 4.07. The highest BCUT2D eigenvalue weighted by atomic mass is 16.5. The van der Waals surface area contributed by atoms with Crippen LogP contribution in [0, 0.1) is 0 Å². The Morgan fingerprint density at radius 3 is 2.58 bits per heavy atom. The molecule has 0 saturated heterocycles. The molecule has 0 saturated carbocycles. The van der Waals surface area contributed by atoms with Crippen molar-refractivity contribution < 1.29 is 9.53 Å². The molecular formula is C9H17NO2. The summed E-state index contributed by atoms with van der Waals surface area (Å²) in [6.07, 6.45) is 2.56. The molecule has 3 nitrogen and oxygen atoms in total. The van der Waals surface area contributed by atoms with Crippen LogP contribution in [0.25, 0.3) is 0 Å². The molecular weight excluding hydrogens is 154 g/mol. The van der Waals surface area contributed by atoms with E-state index in [1.54, 1.807) is 19.9 Å². The second-order valence-corrected chi connectivity index (χ2v) is 2.64. The molecule has 0 aliphatic carbocycles. The SMILES string of the molecule is CCOC(=O)C(C)=CC(N)CC. The summed E-state index contributed by atoms with van der Waals surface area (Å²) in [4.78, 5) is 11.0. The van der Waals surface area contributed by atoms with Crippen molar-refractivity contribution in [2.75, 3.05) is 6.61 Å². The summed E-state index contributed by atoms with van der Waals surface area (Å²) in [5.41, 5.74) is 6.21. The molecule has 0 amide bonds. The zero-order valence-corrected chi connectivity index (χ0v) is 7.96. The Hall–Kier alpha value is -0.830. The van der Waals surface area contributed by atoms with Gasteiger partial charge in [0, 0.05) is 11.6 Å². The minimum Gasteiger partial charge on any atom is -0.463 e. The zero-order chi connectivity index (χ0) is 9.56. The Kier molecular flexibility index (Phi) is 5.37. The van der Waals surface area contributed by atoms with Crippen LogP contribution >= 0.6 is 0 Å². The van der Waals surface area contributed by atoms with E-state index < -0.39 is 0 Å². The van der Waals surface area contributed by atoms with Gasteiger partial charge >= 0.3 is 5.97 Å². The molecule has 0 aliphatic rings. The molecule has 0 spiro atoms. The summed E-state index contributed by atoms with van der Waals surface area (Å²) in [5.74, 6) is -0.276. The van der Waals surface area contributed by atoms with E-state index in [-0.39, 0.29) is 12.0 Å². The molecule has 0 bridgehead atoms. The van der Waals surface area contributed by atoms with Gasteiger partial charge in [-0.2, -0.15) is 0 Å². The summed E-state index contributed by atoms with van der Waals surface area (Å²) < 4.78 is 4.79. The fourth-order valence-corrected chi connectivity index (χ4v) is 0.752. The highest BCUT2D eigenvalue weighted by Gasteiger charge is 2.05. The molecule has 0 aromatic carbocycles. The minimum absolute atomic E-state index is 0.0468. The van der Waals surface area contributed by atoms with E-state index in [0.717, 1.165) is 6.42 Å². The number of hydrogen-bond acceptors (Lipinski definition) is 3. The fourth-order valence-electron chi connectivity index (χ4n) is 0.752. The van der Waals surface area contributed by atoms with E-state index in [2.05, 4.69) is 0 Å². The molecule has 1 atom stereocenters. The Morgan fingerprint density at radius 2 is 2.17 bits per heavy atom. The first-order valence-electron chi connectivity index (χ1n) is 4.22. The lowest BCUT2D eigenvalue weighted by Crippen LogP contribution is -2.17. The van der Waals surface area contributed by atoms with Gasteiger partial charge in [0.25, 0.3) is 0 Å². The second kappa shape index (κ2) is 5.77. The smallest absolute Gasteiger partial charge is 0.333 e. The largest absolute Gasteiger partial charge is 0.463 e. The average Bonchev–Trinajstić information content (AvgIpc) is 2.04. The molecule has 12 heavy (non-hydrogen) atoms. The topological polar surface area (TPSA) is 52.3 Å². The van der Waals surface area contributed by atoms with Gasteiger partial charge in [-0.15, -0.1) is 0 Å². The maximum absolute atomic E-state index is 11.0. The number of carbonyl (C=O) groups excluding carboxylic acids is 1. The quantitative estimate of drug-likeness (QED) is 0.511. The first-order chi connectivity index (χ1) is 5.61. The van der Waals surface area contributed by atoms with Crippen LogP contribution in [0.15, 0.2) is 11.6 Å². The van der Waals surface area contributed by atoms with Crippen molar-refractivity contribution in [1.82, 2.24) is 0 Å². The normalized spacial score (nSPS) is 14.2. The molecule has 0 heterocycles. The van der Waals surface area contributed by atoms with Gasteiger partial charge in [0.1, 0.15) is 0 Å². The Morgan fingerprint density at radius 1 is 1.58 bits per heavy atom. The number of nitrogens with two attached hydrogens (primary N) is 1. The predicted molar refractivity (Wildman–Crippen MR) is 48.7 cm³/mol. The van der Waals surface area contributed by atoms with Crippen molar-refractivity contribution in [1.29, 1.82) is 0 Å². The van der Waals surface area contributed by atoms with Crippen LogP contribution in [0.1, 0.15) is 27.2 Å². The third-order valence-corrected chi connectivity index (χ3v) is 1.53. The van der Waals surface area contributed by atoms with E-state index in [1.807, 2.05) is 6.92 Å². The molecule has 70 valence electrons. The van der Waals surface area contributed by atoms with Gasteiger partial charge in [-0.25, -0.2) is 4.79 Å². The first kappa shape index (κ1) is 11.2. The van der Waals surface area contributed by atoms with Crippen molar-refractivity contribution in [3.8, 4) is 0 Å². The van der Waals surface area contributed by atoms with Gasteiger partial charge in [0.15, 0.2) is 0 Å². The van der Waals surface area contributed by atoms with Crippen LogP contribution in [0.3, 0.4) is 0 Å². The highest BCUT2D eigenvalue weighted by molar-refractivity contribution is 5.87. The molecule has 0 rings (SSSR count). The van der Waals surface area contributed by atoms with Gasteiger partial charge < -0.3 is 10.5 Å². The van der Waals surface area contributed by atoms with E-state index in [4.69, 9.17) is 10.5 Å². The summed E-state index contributed by atoms with van der Waals surface area (Å²) in [7, 11) is 0. The van der Waals surface area contributed by atoms with E-state index >= 15 is 0 Å². The number of ether oxygens (including phenoxy) is 1. The molecule has 2 N–H and O–H groups in total. The number of carbonyl (C=O) groups is 1. The summed E-state index contributed by atoms with van der Waals surface area (Å²) >= 11 is 0.